The SMILES string of the molecule is CCO[C@@H]1OC(=O)[C@@]2(S(=O)(=O)c3ccc(C)cc3)C[C@@H]12. The molecule has 5 nitrogen and oxygen atoms in total. The summed E-state index contributed by atoms with van der Waals surface area (Å²) < 4.78 is 34.4. The normalized spacial score (nSPS) is 31.8. The van der Waals surface area contributed by atoms with E-state index in [0.717, 1.165) is 5.56 Å². The lowest BCUT2D eigenvalue weighted by Gasteiger charge is -2.12. The lowest BCUT2D eigenvalue weighted by molar-refractivity contribution is -0.169. The van der Waals surface area contributed by atoms with Gasteiger partial charge in [-0.2, -0.15) is 0 Å². The summed E-state index contributed by atoms with van der Waals surface area (Å²) in [6.45, 7) is 4.05. The summed E-state index contributed by atoms with van der Waals surface area (Å²) in [5.41, 5.74) is 0.968. The molecule has 0 amide bonds. The Labute approximate surface area is 117 Å². The highest BCUT2D eigenvalue weighted by molar-refractivity contribution is 7.94. The van der Waals surface area contributed by atoms with Crippen molar-refractivity contribution in [1.29, 1.82) is 0 Å². The standard InChI is InChI=1S/C14H16O5S/c1-3-18-12-11-8-14(11,13(15)19-12)20(16,17)10-6-4-9(2)5-7-10/h4-7,11-12H,3,8H2,1-2H3/t11-,12+,14+/m0/s1. The fourth-order valence-electron chi connectivity index (χ4n) is 2.77. The number of carbonyl (C=O) groups is 1. The minimum atomic E-state index is -3.74. The number of carbonyl (C=O) groups excluding carboxylic acids is 1. The van der Waals surface area contributed by atoms with Crippen LogP contribution in [0.15, 0.2) is 29.2 Å². The van der Waals surface area contributed by atoms with Gasteiger partial charge >= 0.3 is 5.97 Å². The van der Waals surface area contributed by atoms with Crippen molar-refractivity contribution in [2.75, 3.05) is 6.61 Å². The van der Waals surface area contributed by atoms with Crippen LogP contribution in [-0.4, -0.2) is 32.0 Å². The Bertz CT molecular complexity index is 649. The Morgan fingerprint density at radius 1 is 1.35 bits per heavy atom. The maximum Gasteiger partial charge on any atom is 0.330 e. The van der Waals surface area contributed by atoms with Crippen molar-refractivity contribution in [3.63, 3.8) is 0 Å². The molecule has 0 radical (unpaired) electrons. The molecular formula is C14H16O5S. The highest BCUT2D eigenvalue weighted by Gasteiger charge is 2.78. The van der Waals surface area contributed by atoms with Crippen molar-refractivity contribution < 1.29 is 22.7 Å². The van der Waals surface area contributed by atoms with E-state index in [4.69, 9.17) is 9.47 Å². The van der Waals surface area contributed by atoms with E-state index in [1.54, 1.807) is 19.1 Å². The van der Waals surface area contributed by atoms with E-state index in [2.05, 4.69) is 0 Å². The molecule has 108 valence electrons. The molecule has 1 aromatic rings. The maximum absolute atomic E-state index is 12.7. The largest absolute Gasteiger partial charge is 0.434 e. The maximum atomic E-state index is 12.7. The van der Waals surface area contributed by atoms with E-state index >= 15 is 0 Å². The van der Waals surface area contributed by atoms with Crippen molar-refractivity contribution in [2.45, 2.75) is 36.2 Å². The molecule has 6 heteroatoms. The summed E-state index contributed by atoms with van der Waals surface area (Å²) in [5.74, 6) is -1.07. The molecule has 0 N–H and O–H groups in total. The number of sulfone groups is 1. The van der Waals surface area contributed by atoms with Crippen molar-refractivity contribution in [1.82, 2.24) is 0 Å². The van der Waals surface area contributed by atoms with Gasteiger partial charge in [0.15, 0.2) is 14.6 Å². The second kappa shape index (κ2) is 4.30. The van der Waals surface area contributed by atoms with Gasteiger partial charge in [0.05, 0.1) is 10.8 Å². The number of benzene rings is 1. The van der Waals surface area contributed by atoms with E-state index in [-0.39, 0.29) is 17.2 Å². The quantitative estimate of drug-likeness (QED) is 0.786. The van der Waals surface area contributed by atoms with Crippen LogP contribution < -0.4 is 0 Å². The number of hydrogen-bond donors (Lipinski definition) is 0. The fourth-order valence-corrected chi connectivity index (χ4v) is 4.86. The Morgan fingerprint density at radius 2 is 2.00 bits per heavy atom. The minimum Gasteiger partial charge on any atom is -0.434 e. The van der Waals surface area contributed by atoms with Gasteiger partial charge in [-0.3, -0.25) is 4.79 Å². The molecule has 0 unspecified atom stereocenters. The molecule has 3 rings (SSSR count). The van der Waals surface area contributed by atoms with Crippen LogP contribution in [0.1, 0.15) is 18.9 Å². The van der Waals surface area contributed by atoms with Gasteiger partial charge in [-0.25, -0.2) is 8.42 Å². The molecular weight excluding hydrogens is 280 g/mol. The van der Waals surface area contributed by atoms with Crippen LogP contribution in [-0.2, 0) is 24.1 Å². The minimum absolute atomic E-state index is 0.166. The van der Waals surface area contributed by atoms with Crippen LogP contribution >= 0.6 is 0 Å². The second-order valence-electron chi connectivity index (χ2n) is 5.25. The number of hydrogen-bond acceptors (Lipinski definition) is 5. The highest BCUT2D eigenvalue weighted by Crippen LogP contribution is 2.60. The van der Waals surface area contributed by atoms with Crippen molar-refractivity contribution >= 4 is 15.8 Å². The smallest absolute Gasteiger partial charge is 0.330 e. The van der Waals surface area contributed by atoms with Crippen LogP contribution in [0.2, 0.25) is 0 Å². The predicted molar refractivity (Wildman–Crippen MR) is 70.7 cm³/mol. The molecule has 0 spiro atoms. The van der Waals surface area contributed by atoms with Gasteiger partial charge in [-0.1, -0.05) is 17.7 Å². The van der Waals surface area contributed by atoms with Crippen LogP contribution in [0.4, 0.5) is 0 Å². The van der Waals surface area contributed by atoms with Crippen molar-refractivity contribution in [3.05, 3.63) is 29.8 Å². The summed E-state index contributed by atoms with van der Waals surface area (Å²) in [7, 11) is -3.74. The molecule has 20 heavy (non-hydrogen) atoms. The molecule has 1 aliphatic carbocycles. The Morgan fingerprint density at radius 3 is 2.55 bits per heavy atom. The van der Waals surface area contributed by atoms with Crippen LogP contribution in [0.25, 0.3) is 0 Å². The zero-order valence-electron chi connectivity index (χ0n) is 11.3. The monoisotopic (exact) mass is 296 g/mol. The molecule has 2 aliphatic rings. The second-order valence-corrected chi connectivity index (χ2v) is 7.45. The summed E-state index contributed by atoms with van der Waals surface area (Å²) in [5, 5.41) is 0. The zero-order chi connectivity index (χ0) is 14.5. The first-order valence-corrected chi connectivity index (χ1v) is 8.06. The van der Waals surface area contributed by atoms with Crippen molar-refractivity contribution in [3.8, 4) is 0 Å². The van der Waals surface area contributed by atoms with Gasteiger partial charge in [-0.15, -0.1) is 0 Å². The molecule has 1 saturated heterocycles. The average molecular weight is 296 g/mol. The first kappa shape index (κ1) is 13.6. The molecule has 1 aliphatic heterocycles. The molecule has 2 fully saturated rings. The molecule has 1 heterocycles. The topological polar surface area (TPSA) is 69.7 Å². The van der Waals surface area contributed by atoms with E-state index in [0.29, 0.717) is 6.61 Å². The predicted octanol–water partition coefficient (Wildman–Crippen LogP) is 1.45. The number of fused-ring (bicyclic) bond motifs is 1. The fraction of sp³-hybridized carbons (Fsp3) is 0.500. The van der Waals surface area contributed by atoms with E-state index in [9.17, 15) is 13.2 Å². The van der Waals surface area contributed by atoms with Gasteiger partial charge in [-0.05, 0) is 32.4 Å². The van der Waals surface area contributed by atoms with Gasteiger partial charge in [0.1, 0.15) is 0 Å². The third kappa shape index (κ3) is 1.64. The molecule has 1 saturated carbocycles. The van der Waals surface area contributed by atoms with E-state index in [1.165, 1.54) is 12.1 Å². The van der Waals surface area contributed by atoms with E-state index < -0.39 is 26.8 Å². The molecule has 0 aromatic heterocycles. The van der Waals surface area contributed by atoms with Gasteiger partial charge < -0.3 is 9.47 Å². The van der Waals surface area contributed by atoms with E-state index in [1.807, 2.05) is 6.92 Å². The van der Waals surface area contributed by atoms with Crippen LogP contribution in [0.3, 0.4) is 0 Å². The summed E-state index contributed by atoms with van der Waals surface area (Å²) in [6, 6.07) is 6.52. The number of aryl methyl sites for hydroxylation is 1. The summed E-state index contributed by atoms with van der Waals surface area (Å²) in [6.07, 6.45) is -0.445. The van der Waals surface area contributed by atoms with Crippen LogP contribution in [0, 0.1) is 12.8 Å². The molecule has 0 bridgehead atoms. The van der Waals surface area contributed by atoms with Crippen LogP contribution in [0.5, 0.6) is 0 Å². The number of rotatable bonds is 4. The lowest BCUT2D eigenvalue weighted by atomic mass is 10.2. The Balaban J connectivity index is 1.97. The highest BCUT2D eigenvalue weighted by atomic mass is 32.2. The average Bonchev–Trinajstić information content (AvgIpc) is 3.10. The molecule has 1 aromatic carbocycles. The van der Waals surface area contributed by atoms with Gasteiger partial charge in [0.2, 0.25) is 6.29 Å². The zero-order valence-corrected chi connectivity index (χ0v) is 12.1. The lowest BCUT2D eigenvalue weighted by Crippen LogP contribution is -2.31. The molecule has 3 atom stereocenters. The summed E-state index contributed by atoms with van der Waals surface area (Å²) in [4.78, 5) is 12.2. The first-order valence-electron chi connectivity index (χ1n) is 6.57. The first-order chi connectivity index (χ1) is 9.43. The summed E-state index contributed by atoms with van der Waals surface area (Å²) >= 11 is 0. The Hall–Kier alpha value is -1.40. The third-order valence-electron chi connectivity index (χ3n) is 4.00. The number of esters is 1. The third-order valence-corrected chi connectivity index (χ3v) is 6.49. The Kier molecular flexibility index (Phi) is 2.92. The van der Waals surface area contributed by atoms with Crippen molar-refractivity contribution in [2.24, 2.45) is 5.92 Å². The van der Waals surface area contributed by atoms with Gasteiger partial charge in [0.25, 0.3) is 0 Å². The van der Waals surface area contributed by atoms with Gasteiger partial charge in [0, 0.05) is 6.61 Å². The number of cyclic esters (lactones) is 1. The number of ether oxygens (including phenoxy) is 2.